The van der Waals surface area contributed by atoms with E-state index >= 15 is 0 Å². The number of nitrogens with two attached hydrogens (primary N) is 1. The van der Waals surface area contributed by atoms with Crippen molar-refractivity contribution in [3.63, 3.8) is 0 Å². The van der Waals surface area contributed by atoms with E-state index in [1.165, 1.54) is 12.1 Å². The summed E-state index contributed by atoms with van der Waals surface area (Å²) in [4.78, 5) is 36.5. The molecule has 0 bridgehead atoms. The van der Waals surface area contributed by atoms with Gasteiger partial charge in [-0.1, -0.05) is 42.5 Å². The van der Waals surface area contributed by atoms with Gasteiger partial charge in [-0.15, -0.1) is 0 Å². The number of halogens is 2. The van der Waals surface area contributed by atoms with E-state index < -0.39 is 16.7 Å². The van der Waals surface area contributed by atoms with Crippen molar-refractivity contribution in [3.05, 3.63) is 73.0 Å². The summed E-state index contributed by atoms with van der Waals surface area (Å²) in [6.45, 7) is 0. The smallest absolute Gasteiger partial charge is 0.370 e. The highest BCUT2D eigenvalue weighted by atomic mass is 35.5. The van der Waals surface area contributed by atoms with Gasteiger partial charge in [0.05, 0.1) is 21.1 Å². The Hall–Kier alpha value is -3.30. The number of aromatic nitrogens is 3. The number of anilines is 1. The van der Waals surface area contributed by atoms with E-state index in [0.29, 0.717) is 10.4 Å². The van der Waals surface area contributed by atoms with Crippen LogP contribution in [0.3, 0.4) is 0 Å². The summed E-state index contributed by atoms with van der Waals surface area (Å²) in [6, 6.07) is 8.27. The van der Waals surface area contributed by atoms with Crippen LogP contribution < -0.4 is 27.1 Å². The Morgan fingerprint density at radius 1 is 1.03 bits per heavy atom. The molecule has 0 saturated heterocycles. The van der Waals surface area contributed by atoms with Crippen molar-refractivity contribution in [1.82, 2.24) is 14.5 Å². The Labute approximate surface area is 197 Å². The van der Waals surface area contributed by atoms with Crippen LogP contribution in [-0.4, -0.2) is 20.4 Å². The summed E-state index contributed by atoms with van der Waals surface area (Å²) in [7, 11) is 0. The van der Waals surface area contributed by atoms with Crippen molar-refractivity contribution >= 4 is 34.8 Å². The van der Waals surface area contributed by atoms with E-state index in [2.05, 4.69) is 10.4 Å². The molecular formula is C22H19Cl2N5O4. The van der Waals surface area contributed by atoms with Gasteiger partial charge in [-0.05, 0) is 48.7 Å². The first kappa shape index (κ1) is 21.5. The van der Waals surface area contributed by atoms with E-state index in [4.69, 9.17) is 33.8 Å². The van der Waals surface area contributed by atoms with E-state index in [-0.39, 0.29) is 27.4 Å². The van der Waals surface area contributed by atoms with Crippen LogP contribution in [0.1, 0.15) is 37.7 Å². The zero-order chi connectivity index (χ0) is 23.3. The molecule has 5 rings (SSSR count). The van der Waals surface area contributed by atoms with Crippen LogP contribution in [0.2, 0.25) is 10.0 Å². The number of nitrogens with zero attached hydrogens (tertiary/aromatic N) is 3. The van der Waals surface area contributed by atoms with Crippen molar-refractivity contribution in [2.24, 2.45) is 0 Å². The Balaban J connectivity index is 1.50. The fourth-order valence-electron chi connectivity index (χ4n) is 4.58. The third-order valence-electron chi connectivity index (χ3n) is 6.25. The van der Waals surface area contributed by atoms with Crippen molar-refractivity contribution in [2.75, 3.05) is 11.2 Å². The molecule has 1 aliphatic carbocycles. The van der Waals surface area contributed by atoms with Crippen molar-refractivity contribution < 1.29 is 9.53 Å². The molecule has 2 aliphatic rings. The molecule has 1 aromatic heterocycles. The van der Waals surface area contributed by atoms with E-state index in [1.54, 1.807) is 6.07 Å². The van der Waals surface area contributed by atoms with Gasteiger partial charge in [-0.2, -0.15) is 14.5 Å². The Morgan fingerprint density at radius 2 is 1.73 bits per heavy atom. The van der Waals surface area contributed by atoms with Crippen molar-refractivity contribution in [1.29, 1.82) is 0 Å². The maximum atomic E-state index is 12.8. The summed E-state index contributed by atoms with van der Waals surface area (Å²) < 4.78 is 7.34. The highest BCUT2D eigenvalue weighted by Gasteiger charge is 2.47. The van der Waals surface area contributed by atoms with Gasteiger partial charge >= 0.3 is 5.69 Å². The molecular weight excluding hydrogens is 469 g/mol. The number of nitrogen functional groups attached to an aromatic ring is 1. The number of nitrogens with one attached hydrogen (secondary N) is 1. The number of rotatable bonds is 3. The lowest BCUT2D eigenvalue weighted by molar-refractivity contribution is -0.121. The number of carbonyl (C=O) groups excluding carboxylic acids is 1. The molecule has 1 saturated carbocycles. The first-order valence-electron chi connectivity index (χ1n) is 10.4. The lowest BCUT2D eigenvalue weighted by atomic mass is 9.70. The second-order valence-electron chi connectivity index (χ2n) is 8.19. The second-order valence-corrected chi connectivity index (χ2v) is 9.01. The van der Waals surface area contributed by atoms with Crippen molar-refractivity contribution in [2.45, 2.75) is 37.5 Å². The molecule has 9 nitrogen and oxygen atoms in total. The van der Waals surface area contributed by atoms with Gasteiger partial charge in [0.2, 0.25) is 5.91 Å². The maximum absolute atomic E-state index is 12.8. The molecule has 3 N–H and O–H groups in total. The predicted molar refractivity (Wildman–Crippen MR) is 124 cm³/mol. The molecule has 1 fully saturated rings. The lowest BCUT2D eigenvalue weighted by Crippen LogP contribution is -2.44. The predicted octanol–water partition coefficient (Wildman–Crippen LogP) is 3.36. The Kier molecular flexibility index (Phi) is 5.18. The molecule has 0 unspecified atom stereocenters. The molecule has 11 heteroatoms. The molecule has 33 heavy (non-hydrogen) atoms. The SMILES string of the molecule is Nn1c(=O)cnn(-c2cc(Cl)c(Oc3ccc4c(c3)C3(CCCCC3)C(=O)N4)c(Cl)c2)c1=O. The van der Waals surface area contributed by atoms with Crippen LogP contribution in [0.5, 0.6) is 11.5 Å². The molecule has 1 amide bonds. The number of carbonyl (C=O) groups is 1. The third-order valence-corrected chi connectivity index (χ3v) is 6.81. The van der Waals surface area contributed by atoms with Crippen LogP contribution >= 0.6 is 23.2 Å². The molecule has 170 valence electrons. The van der Waals surface area contributed by atoms with Crippen LogP contribution in [0, 0.1) is 0 Å². The first-order chi connectivity index (χ1) is 15.8. The molecule has 3 aromatic rings. The number of hydrogen-bond donors (Lipinski definition) is 2. The molecule has 1 spiro atoms. The quantitative estimate of drug-likeness (QED) is 0.546. The number of ether oxygens (including phenoxy) is 1. The highest BCUT2D eigenvalue weighted by Crippen LogP contribution is 2.49. The fraction of sp³-hybridized carbons (Fsp3) is 0.273. The summed E-state index contributed by atoms with van der Waals surface area (Å²) in [5.41, 5.74) is -0.182. The lowest BCUT2D eigenvalue weighted by Gasteiger charge is -2.31. The minimum absolute atomic E-state index is 0.0361. The van der Waals surface area contributed by atoms with Gasteiger partial charge in [0, 0.05) is 5.69 Å². The zero-order valence-electron chi connectivity index (χ0n) is 17.3. The average molecular weight is 488 g/mol. The third kappa shape index (κ3) is 3.48. The standard InChI is InChI=1S/C22H19Cl2N5O4/c23-15-8-12(29-21(32)28(25)18(30)11-26-29)9-16(24)19(15)33-13-4-5-17-14(10-13)22(20(31)27-17)6-2-1-3-7-22/h4-5,8-11H,1-3,6-7,25H2,(H,27,31). The fourth-order valence-corrected chi connectivity index (χ4v) is 5.14. The highest BCUT2D eigenvalue weighted by molar-refractivity contribution is 6.37. The summed E-state index contributed by atoms with van der Waals surface area (Å²) in [5.74, 6) is 6.16. The monoisotopic (exact) mass is 487 g/mol. The zero-order valence-corrected chi connectivity index (χ0v) is 18.8. The molecule has 2 heterocycles. The summed E-state index contributed by atoms with van der Waals surface area (Å²) >= 11 is 12.8. The number of amides is 1. The normalized spacial score (nSPS) is 16.5. The first-order valence-corrected chi connectivity index (χ1v) is 11.2. The minimum Gasteiger partial charge on any atom is -0.454 e. The van der Waals surface area contributed by atoms with Crippen LogP contribution in [-0.2, 0) is 10.2 Å². The second kappa shape index (κ2) is 7.93. The van der Waals surface area contributed by atoms with Crippen LogP contribution in [0.25, 0.3) is 5.69 Å². The molecule has 0 atom stereocenters. The van der Waals surface area contributed by atoms with Gasteiger partial charge < -0.3 is 15.9 Å². The van der Waals surface area contributed by atoms with Crippen LogP contribution in [0.15, 0.2) is 46.1 Å². The number of fused-ring (bicyclic) bond motifs is 2. The molecule has 2 aromatic carbocycles. The maximum Gasteiger partial charge on any atom is 0.370 e. The van der Waals surface area contributed by atoms with Gasteiger partial charge in [0.25, 0.3) is 5.56 Å². The van der Waals surface area contributed by atoms with E-state index in [9.17, 15) is 14.4 Å². The largest absolute Gasteiger partial charge is 0.454 e. The van der Waals surface area contributed by atoms with Gasteiger partial charge in [-0.3, -0.25) is 9.59 Å². The Morgan fingerprint density at radius 3 is 2.42 bits per heavy atom. The molecule has 1 aliphatic heterocycles. The minimum atomic E-state index is -0.850. The average Bonchev–Trinajstić information content (AvgIpc) is 3.05. The van der Waals surface area contributed by atoms with Gasteiger partial charge in [0.15, 0.2) is 5.75 Å². The van der Waals surface area contributed by atoms with E-state index in [1.807, 2.05) is 12.1 Å². The molecule has 0 radical (unpaired) electrons. The van der Waals surface area contributed by atoms with Crippen molar-refractivity contribution in [3.8, 4) is 17.2 Å². The van der Waals surface area contributed by atoms with E-state index in [0.717, 1.165) is 54.2 Å². The van der Waals surface area contributed by atoms with Gasteiger partial charge in [-0.25, -0.2) is 4.79 Å². The topological polar surface area (TPSA) is 121 Å². The Bertz CT molecular complexity index is 1390. The van der Waals surface area contributed by atoms with Crippen LogP contribution in [0.4, 0.5) is 5.69 Å². The van der Waals surface area contributed by atoms with Gasteiger partial charge in [0.1, 0.15) is 11.9 Å². The summed E-state index contributed by atoms with van der Waals surface area (Å²) in [6.07, 6.45) is 5.64. The number of hydrogen-bond acceptors (Lipinski definition) is 6. The number of benzene rings is 2. The summed E-state index contributed by atoms with van der Waals surface area (Å²) in [5, 5.41) is 7.04.